The van der Waals surface area contributed by atoms with Crippen LogP contribution in [0.15, 0.2) is 97.1 Å². The smallest absolute Gasteiger partial charge is 0.128 e. The van der Waals surface area contributed by atoms with Gasteiger partial charge in [0.2, 0.25) is 0 Å². The molecule has 3 nitrogen and oxygen atoms in total. The average molecular weight is 640 g/mol. The van der Waals surface area contributed by atoms with E-state index >= 15 is 0 Å². The summed E-state index contributed by atoms with van der Waals surface area (Å²) in [6, 6.07) is 28.7. The van der Waals surface area contributed by atoms with Crippen LogP contribution in [0.4, 0.5) is 8.78 Å². The lowest BCUT2D eigenvalue weighted by atomic mass is 10.0. The van der Waals surface area contributed by atoms with Gasteiger partial charge in [0.1, 0.15) is 36.3 Å². The number of benzene rings is 4. The third-order valence-electron chi connectivity index (χ3n) is 6.88. The lowest BCUT2D eigenvalue weighted by Crippen LogP contribution is -2.04. The lowest BCUT2D eigenvalue weighted by Gasteiger charge is -2.16. The van der Waals surface area contributed by atoms with Gasteiger partial charge in [-0.25, -0.2) is 8.78 Å². The van der Waals surface area contributed by atoms with Crippen LogP contribution in [0.1, 0.15) is 80.2 Å². The van der Waals surface area contributed by atoms with Crippen molar-refractivity contribution in [3.8, 4) is 11.5 Å². The average Bonchev–Trinajstić information content (AvgIpc) is 3.02. The summed E-state index contributed by atoms with van der Waals surface area (Å²) < 4.78 is 38.4. The fraction of sp³-hybridized carbons (Fsp3) is 0.333. The van der Waals surface area contributed by atoms with Crippen LogP contribution in [0.25, 0.3) is 0 Å². The SMILES string of the molecule is CCCCCC[C@H](O)c1ccc(F)cc1OCc1ccccc1.C[C@@H](CBr)c1ccc(F)cc1OCc1ccccc1. The summed E-state index contributed by atoms with van der Waals surface area (Å²) in [4.78, 5) is 0. The van der Waals surface area contributed by atoms with Gasteiger partial charge in [0, 0.05) is 23.0 Å². The molecule has 42 heavy (non-hydrogen) atoms. The predicted octanol–water partition coefficient (Wildman–Crippen LogP) is 10.3. The minimum atomic E-state index is -0.613. The van der Waals surface area contributed by atoms with Crippen LogP contribution in [0.2, 0.25) is 0 Å². The number of aliphatic hydroxyl groups is 1. The van der Waals surface area contributed by atoms with Crippen LogP contribution >= 0.6 is 15.9 Å². The Kier molecular flexibility index (Phi) is 14.5. The number of ether oxygens (including phenoxy) is 2. The molecule has 0 spiro atoms. The second kappa shape index (κ2) is 18.3. The van der Waals surface area contributed by atoms with E-state index in [0.29, 0.717) is 36.7 Å². The Bertz CT molecular complexity index is 1320. The van der Waals surface area contributed by atoms with E-state index in [1.54, 1.807) is 12.1 Å². The molecule has 0 heterocycles. The van der Waals surface area contributed by atoms with E-state index in [-0.39, 0.29) is 17.6 Å². The standard InChI is InChI=1S/C20H25FO2.C16H16BrFO/c1-2-3-4-8-11-19(22)18-13-12-17(21)14-20(18)23-15-16-9-6-5-7-10-16;1-12(10-17)15-8-7-14(18)9-16(15)19-11-13-5-3-2-4-6-13/h5-7,9-10,12-14,19,22H,2-4,8,11,15H2,1H3;2-9,12H,10-11H2,1H3/t19-;12-/m00/s1. The molecule has 0 radical (unpaired) electrons. The molecule has 4 aromatic carbocycles. The molecule has 1 N–H and O–H groups in total. The highest BCUT2D eigenvalue weighted by Gasteiger charge is 2.15. The van der Waals surface area contributed by atoms with Crippen LogP contribution in [-0.2, 0) is 13.2 Å². The molecule has 0 aliphatic heterocycles. The topological polar surface area (TPSA) is 38.7 Å². The maximum atomic E-state index is 13.5. The Morgan fingerprint density at radius 1 is 0.690 bits per heavy atom. The fourth-order valence-corrected chi connectivity index (χ4v) is 4.77. The minimum Gasteiger partial charge on any atom is -0.489 e. The summed E-state index contributed by atoms with van der Waals surface area (Å²) in [5, 5.41) is 11.2. The van der Waals surface area contributed by atoms with Gasteiger partial charge in [-0.05, 0) is 47.2 Å². The molecular weight excluding hydrogens is 598 g/mol. The second-order valence-electron chi connectivity index (χ2n) is 10.3. The summed E-state index contributed by atoms with van der Waals surface area (Å²) >= 11 is 3.45. The van der Waals surface area contributed by atoms with Gasteiger partial charge >= 0.3 is 0 Å². The molecule has 0 aromatic heterocycles. The molecule has 0 aliphatic carbocycles. The first kappa shape index (κ1) is 33.3. The van der Waals surface area contributed by atoms with Crippen molar-refractivity contribution in [1.29, 1.82) is 0 Å². The van der Waals surface area contributed by atoms with Gasteiger partial charge < -0.3 is 14.6 Å². The Morgan fingerprint density at radius 2 is 1.19 bits per heavy atom. The molecule has 0 saturated carbocycles. The number of hydrogen-bond acceptors (Lipinski definition) is 3. The van der Waals surface area contributed by atoms with E-state index in [0.717, 1.165) is 41.3 Å². The van der Waals surface area contributed by atoms with E-state index in [1.807, 2.05) is 60.7 Å². The van der Waals surface area contributed by atoms with E-state index in [1.165, 1.54) is 30.7 Å². The molecule has 4 aromatic rings. The first-order chi connectivity index (χ1) is 20.4. The zero-order valence-electron chi connectivity index (χ0n) is 24.4. The summed E-state index contributed by atoms with van der Waals surface area (Å²) in [6.07, 6.45) is 4.47. The van der Waals surface area contributed by atoms with Crippen LogP contribution in [0.3, 0.4) is 0 Å². The summed E-state index contributed by atoms with van der Waals surface area (Å²) in [5.74, 6) is 0.711. The van der Waals surface area contributed by atoms with E-state index < -0.39 is 6.10 Å². The molecule has 224 valence electrons. The summed E-state index contributed by atoms with van der Waals surface area (Å²) in [6.45, 7) is 5.05. The van der Waals surface area contributed by atoms with Gasteiger partial charge in [-0.15, -0.1) is 0 Å². The molecule has 0 saturated heterocycles. The highest BCUT2D eigenvalue weighted by Crippen LogP contribution is 2.31. The Balaban J connectivity index is 0.000000235. The number of hydrogen-bond donors (Lipinski definition) is 1. The predicted molar refractivity (Wildman–Crippen MR) is 170 cm³/mol. The number of alkyl halides is 1. The third-order valence-corrected chi connectivity index (χ3v) is 7.85. The molecule has 0 amide bonds. The summed E-state index contributed by atoms with van der Waals surface area (Å²) in [5.41, 5.74) is 3.78. The minimum absolute atomic E-state index is 0.270. The maximum Gasteiger partial charge on any atom is 0.128 e. The van der Waals surface area contributed by atoms with E-state index in [4.69, 9.17) is 9.47 Å². The van der Waals surface area contributed by atoms with Gasteiger partial charge in [0.15, 0.2) is 0 Å². The van der Waals surface area contributed by atoms with Gasteiger partial charge in [-0.2, -0.15) is 0 Å². The zero-order chi connectivity index (χ0) is 30.2. The first-order valence-corrected chi connectivity index (χ1v) is 15.7. The Hall–Kier alpha value is -3.22. The first-order valence-electron chi connectivity index (χ1n) is 14.6. The third kappa shape index (κ3) is 11.2. The fourth-order valence-electron chi connectivity index (χ4n) is 4.42. The van der Waals surface area contributed by atoms with Gasteiger partial charge in [-0.3, -0.25) is 0 Å². The van der Waals surface area contributed by atoms with Crippen molar-refractivity contribution in [3.05, 3.63) is 131 Å². The normalized spacial score (nSPS) is 12.1. The Morgan fingerprint density at radius 3 is 1.69 bits per heavy atom. The summed E-state index contributed by atoms with van der Waals surface area (Å²) in [7, 11) is 0. The molecular formula is C36H41BrF2O3. The molecule has 6 heteroatoms. The zero-order valence-corrected chi connectivity index (χ0v) is 26.0. The van der Waals surface area contributed by atoms with Crippen molar-refractivity contribution in [2.45, 2.75) is 71.2 Å². The van der Waals surface area contributed by atoms with E-state index in [9.17, 15) is 13.9 Å². The Labute approximate surface area is 257 Å². The second-order valence-corrected chi connectivity index (χ2v) is 11.0. The van der Waals surface area contributed by atoms with Crippen molar-refractivity contribution in [3.63, 3.8) is 0 Å². The van der Waals surface area contributed by atoms with Crippen LogP contribution in [0.5, 0.6) is 11.5 Å². The maximum absolute atomic E-state index is 13.5. The van der Waals surface area contributed by atoms with E-state index in [2.05, 4.69) is 29.8 Å². The molecule has 0 aliphatic rings. The number of unbranched alkanes of at least 4 members (excludes halogenated alkanes) is 3. The number of rotatable bonds is 14. The molecule has 0 unspecified atom stereocenters. The van der Waals surface area contributed by atoms with Gasteiger partial charge in [0.25, 0.3) is 0 Å². The van der Waals surface area contributed by atoms with Crippen LogP contribution < -0.4 is 9.47 Å². The van der Waals surface area contributed by atoms with Crippen LogP contribution in [0, 0.1) is 11.6 Å². The quantitative estimate of drug-likeness (QED) is 0.110. The lowest BCUT2D eigenvalue weighted by molar-refractivity contribution is 0.156. The molecule has 0 bridgehead atoms. The van der Waals surface area contributed by atoms with Gasteiger partial charge in [0.05, 0.1) is 6.10 Å². The van der Waals surface area contributed by atoms with Crippen molar-refractivity contribution in [2.75, 3.05) is 5.33 Å². The van der Waals surface area contributed by atoms with Crippen molar-refractivity contribution < 1.29 is 23.4 Å². The highest BCUT2D eigenvalue weighted by atomic mass is 79.9. The molecule has 4 rings (SSSR count). The monoisotopic (exact) mass is 638 g/mol. The van der Waals surface area contributed by atoms with Crippen molar-refractivity contribution >= 4 is 15.9 Å². The largest absolute Gasteiger partial charge is 0.489 e. The highest BCUT2D eigenvalue weighted by molar-refractivity contribution is 9.09. The van der Waals surface area contributed by atoms with Crippen LogP contribution in [-0.4, -0.2) is 10.4 Å². The van der Waals surface area contributed by atoms with Crippen molar-refractivity contribution in [1.82, 2.24) is 0 Å². The molecule has 2 atom stereocenters. The van der Waals surface area contributed by atoms with Gasteiger partial charge in [-0.1, -0.05) is 122 Å². The molecule has 0 fully saturated rings. The van der Waals surface area contributed by atoms with Crippen molar-refractivity contribution in [2.24, 2.45) is 0 Å². The number of halogens is 3. The number of aliphatic hydroxyl groups excluding tert-OH is 1.